The quantitative estimate of drug-likeness (QED) is 0.798. The number of rotatable bonds is 4. The van der Waals surface area contributed by atoms with Gasteiger partial charge in [0, 0.05) is 18.3 Å². The fraction of sp³-hybridized carbons (Fsp3) is 0.143. The number of anilines is 1. The molecule has 3 rings (SSSR count). The highest BCUT2D eigenvalue weighted by Gasteiger charge is 2.11. The summed E-state index contributed by atoms with van der Waals surface area (Å²) in [5.74, 6) is -0.0653. The van der Waals surface area contributed by atoms with E-state index in [2.05, 4.69) is 20.5 Å². The van der Waals surface area contributed by atoms with Crippen molar-refractivity contribution in [3.63, 3.8) is 0 Å². The van der Waals surface area contributed by atoms with Gasteiger partial charge in [0.25, 0.3) is 5.91 Å². The molecule has 0 unspecified atom stereocenters. The lowest BCUT2D eigenvalue weighted by atomic mass is 10.2. The molecule has 0 fully saturated rings. The average molecular weight is 317 g/mol. The minimum atomic E-state index is -0.302. The van der Waals surface area contributed by atoms with Crippen LogP contribution in [0.1, 0.15) is 15.9 Å². The van der Waals surface area contributed by atoms with E-state index in [4.69, 9.17) is 11.6 Å². The van der Waals surface area contributed by atoms with Crippen molar-refractivity contribution in [1.29, 1.82) is 0 Å². The summed E-state index contributed by atoms with van der Waals surface area (Å²) in [5, 5.41) is 11.4. The molecule has 22 heavy (non-hydrogen) atoms. The van der Waals surface area contributed by atoms with E-state index in [-0.39, 0.29) is 11.9 Å². The van der Waals surface area contributed by atoms with E-state index < -0.39 is 0 Å². The van der Waals surface area contributed by atoms with Crippen LogP contribution < -0.4 is 5.32 Å². The van der Waals surface area contributed by atoms with Gasteiger partial charge in [-0.25, -0.2) is 9.67 Å². The van der Waals surface area contributed by atoms with Crippen LogP contribution in [0, 0.1) is 0 Å². The summed E-state index contributed by atoms with van der Waals surface area (Å²) < 4.78 is 3.17. The number of halogens is 1. The highest BCUT2D eigenvalue weighted by atomic mass is 35.5. The van der Waals surface area contributed by atoms with Crippen molar-refractivity contribution in [2.45, 2.75) is 6.54 Å². The molecule has 0 spiro atoms. The van der Waals surface area contributed by atoms with E-state index in [9.17, 15) is 4.79 Å². The third-order valence-electron chi connectivity index (χ3n) is 3.02. The Kier molecular flexibility index (Phi) is 3.88. The molecule has 1 N–H and O–H groups in total. The number of aryl methyl sites for hydroxylation is 1. The van der Waals surface area contributed by atoms with Gasteiger partial charge in [0.15, 0.2) is 0 Å². The van der Waals surface area contributed by atoms with Gasteiger partial charge in [-0.15, -0.1) is 5.10 Å². The number of nitrogens with one attached hydrogen (secondary N) is 1. The lowest BCUT2D eigenvalue weighted by Crippen LogP contribution is -2.13. The molecular weight excluding hydrogens is 304 g/mol. The Morgan fingerprint density at radius 1 is 1.36 bits per heavy atom. The first-order valence-electron chi connectivity index (χ1n) is 6.54. The monoisotopic (exact) mass is 316 g/mol. The van der Waals surface area contributed by atoms with Gasteiger partial charge in [0.05, 0.1) is 18.3 Å². The molecule has 1 aromatic carbocycles. The Morgan fingerprint density at radius 2 is 2.18 bits per heavy atom. The smallest absolute Gasteiger partial charge is 0.261 e. The number of nitrogens with zero attached hydrogens (tertiary/aromatic N) is 5. The summed E-state index contributed by atoms with van der Waals surface area (Å²) in [6, 6.07) is 7.51. The zero-order valence-corrected chi connectivity index (χ0v) is 12.5. The zero-order chi connectivity index (χ0) is 15.5. The Bertz CT molecular complexity index is 809. The molecule has 1 amide bonds. The van der Waals surface area contributed by atoms with E-state index in [1.807, 2.05) is 24.3 Å². The summed E-state index contributed by atoms with van der Waals surface area (Å²) in [6.07, 6.45) is 4.65. The second kappa shape index (κ2) is 5.98. The molecule has 8 heteroatoms. The van der Waals surface area contributed by atoms with Crippen LogP contribution in [0.15, 0.2) is 43.0 Å². The summed E-state index contributed by atoms with van der Waals surface area (Å²) in [6.45, 7) is 0.482. The van der Waals surface area contributed by atoms with E-state index in [1.165, 1.54) is 6.20 Å². The van der Waals surface area contributed by atoms with Crippen molar-refractivity contribution in [3.05, 3.63) is 59.1 Å². The minimum Gasteiger partial charge on any atom is -0.289 e. The fourth-order valence-corrected chi connectivity index (χ4v) is 2.14. The first-order chi connectivity index (χ1) is 10.6. The van der Waals surface area contributed by atoms with Gasteiger partial charge < -0.3 is 0 Å². The molecule has 0 radical (unpaired) electrons. The van der Waals surface area contributed by atoms with Crippen LogP contribution in [0.2, 0.25) is 5.02 Å². The molecule has 0 aliphatic heterocycles. The zero-order valence-electron chi connectivity index (χ0n) is 11.8. The molecule has 2 heterocycles. The van der Waals surface area contributed by atoms with E-state index in [0.29, 0.717) is 17.1 Å². The van der Waals surface area contributed by atoms with Gasteiger partial charge in [0.2, 0.25) is 5.95 Å². The number of hydrogen-bond donors (Lipinski definition) is 1. The number of hydrogen-bond acceptors (Lipinski definition) is 4. The molecule has 0 aliphatic carbocycles. The van der Waals surface area contributed by atoms with Crippen LogP contribution in [-0.2, 0) is 13.6 Å². The van der Waals surface area contributed by atoms with Crippen LogP contribution in [0.4, 0.5) is 5.95 Å². The normalized spacial score (nSPS) is 10.6. The van der Waals surface area contributed by atoms with Gasteiger partial charge in [-0.2, -0.15) is 5.10 Å². The van der Waals surface area contributed by atoms with Crippen molar-refractivity contribution in [2.75, 3.05) is 5.32 Å². The maximum Gasteiger partial charge on any atom is 0.261 e. The van der Waals surface area contributed by atoms with Crippen LogP contribution in [0.5, 0.6) is 0 Å². The average Bonchev–Trinajstić information content (AvgIpc) is 3.11. The second-order valence-corrected chi connectivity index (χ2v) is 5.12. The highest BCUT2D eigenvalue weighted by molar-refractivity contribution is 6.31. The standard InChI is InChI=1S/C14H13ClN6O/c1-20-7-11(6-17-20)13(22)18-14-16-9-21(19-14)8-10-4-2-3-5-12(10)15/h2-7,9H,8H2,1H3,(H,18,19,22). The number of benzene rings is 1. The van der Waals surface area contributed by atoms with Gasteiger partial charge in [0.1, 0.15) is 6.33 Å². The number of aromatic nitrogens is 5. The van der Waals surface area contributed by atoms with Crippen LogP contribution in [0.3, 0.4) is 0 Å². The molecule has 0 saturated heterocycles. The third-order valence-corrected chi connectivity index (χ3v) is 3.39. The van der Waals surface area contributed by atoms with E-state index in [1.54, 1.807) is 28.9 Å². The predicted octanol–water partition coefficient (Wildman–Crippen LogP) is 1.97. The number of amides is 1. The maximum atomic E-state index is 12.0. The Morgan fingerprint density at radius 3 is 2.91 bits per heavy atom. The first kappa shape index (κ1) is 14.3. The third kappa shape index (κ3) is 3.15. The molecule has 0 aliphatic rings. The van der Waals surface area contributed by atoms with Crippen molar-refractivity contribution in [1.82, 2.24) is 24.5 Å². The molecule has 0 atom stereocenters. The van der Waals surface area contributed by atoms with Crippen molar-refractivity contribution < 1.29 is 4.79 Å². The van der Waals surface area contributed by atoms with E-state index in [0.717, 1.165) is 5.56 Å². The molecule has 3 aromatic rings. The molecular formula is C14H13ClN6O. The molecule has 0 bridgehead atoms. The summed E-state index contributed by atoms with van der Waals surface area (Å²) in [4.78, 5) is 16.0. The maximum absolute atomic E-state index is 12.0. The van der Waals surface area contributed by atoms with Crippen LogP contribution in [-0.4, -0.2) is 30.5 Å². The second-order valence-electron chi connectivity index (χ2n) is 4.71. The Balaban J connectivity index is 1.69. The summed E-state index contributed by atoms with van der Waals surface area (Å²) in [5.41, 5.74) is 1.38. The van der Waals surface area contributed by atoms with Gasteiger partial charge in [-0.05, 0) is 11.6 Å². The minimum absolute atomic E-state index is 0.237. The fourth-order valence-electron chi connectivity index (χ4n) is 1.94. The molecule has 7 nitrogen and oxygen atoms in total. The molecule has 2 aromatic heterocycles. The summed E-state index contributed by atoms with van der Waals surface area (Å²) in [7, 11) is 1.74. The summed E-state index contributed by atoms with van der Waals surface area (Å²) >= 11 is 6.11. The lowest BCUT2D eigenvalue weighted by molar-refractivity contribution is 0.102. The van der Waals surface area contributed by atoms with Crippen LogP contribution in [0.25, 0.3) is 0 Å². The molecule has 112 valence electrons. The Hall–Kier alpha value is -2.67. The van der Waals surface area contributed by atoms with Gasteiger partial charge >= 0.3 is 0 Å². The van der Waals surface area contributed by atoms with Crippen molar-refractivity contribution in [2.24, 2.45) is 7.05 Å². The topological polar surface area (TPSA) is 77.6 Å². The van der Waals surface area contributed by atoms with Crippen molar-refractivity contribution >= 4 is 23.5 Å². The lowest BCUT2D eigenvalue weighted by Gasteiger charge is -2.03. The SMILES string of the molecule is Cn1cc(C(=O)Nc2ncn(Cc3ccccc3Cl)n2)cn1. The van der Waals surface area contributed by atoms with Crippen LogP contribution >= 0.6 is 11.6 Å². The first-order valence-corrected chi connectivity index (χ1v) is 6.92. The van der Waals surface area contributed by atoms with Gasteiger partial charge in [-0.3, -0.25) is 14.8 Å². The molecule has 0 saturated carbocycles. The van der Waals surface area contributed by atoms with E-state index >= 15 is 0 Å². The number of carbonyl (C=O) groups excluding carboxylic acids is 1. The predicted molar refractivity (Wildman–Crippen MR) is 81.7 cm³/mol. The van der Waals surface area contributed by atoms with Gasteiger partial charge in [-0.1, -0.05) is 29.8 Å². The largest absolute Gasteiger partial charge is 0.289 e. The van der Waals surface area contributed by atoms with Crippen molar-refractivity contribution in [3.8, 4) is 0 Å². The number of carbonyl (C=O) groups is 1. The highest BCUT2D eigenvalue weighted by Crippen LogP contribution is 2.16. The Labute approximate surface area is 131 Å².